The Hall–Kier alpha value is -0.890. The lowest BCUT2D eigenvalue weighted by Gasteiger charge is -2.56. The van der Waals surface area contributed by atoms with E-state index in [1.54, 1.807) is 6.42 Å². The molecule has 1 aromatic rings. The molecular weight excluding hydrogens is 244 g/mol. The van der Waals surface area contributed by atoms with E-state index in [-0.39, 0.29) is 0 Å². The lowest BCUT2D eigenvalue weighted by Crippen LogP contribution is -2.49. The van der Waals surface area contributed by atoms with Gasteiger partial charge in [0.15, 0.2) is 0 Å². The van der Waals surface area contributed by atoms with Crippen LogP contribution in [0.5, 0.6) is 0 Å². The fraction of sp³-hybridized carbons (Fsp3) is 0.722. The van der Waals surface area contributed by atoms with E-state index in [1.165, 1.54) is 31.2 Å². The van der Waals surface area contributed by atoms with Gasteiger partial charge >= 0.3 is 0 Å². The normalized spacial score (nSPS) is 40.0. The first-order valence-electron chi connectivity index (χ1n) is 8.48. The third kappa shape index (κ3) is 2.09. The van der Waals surface area contributed by atoms with Crippen molar-refractivity contribution in [3.63, 3.8) is 0 Å². The van der Waals surface area contributed by atoms with Gasteiger partial charge in [-0.05, 0) is 85.9 Å². The molecule has 4 saturated carbocycles. The first-order chi connectivity index (χ1) is 9.85. The molecule has 2 heteroatoms. The Kier molecular flexibility index (Phi) is 3.30. The summed E-state index contributed by atoms with van der Waals surface area (Å²) in [5.41, 5.74) is 1.46. The minimum atomic E-state index is 0.554. The minimum Gasteiger partial charge on any atom is -0.310 e. The fourth-order valence-corrected chi connectivity index (χ4v) is 5.78. The van der Waals surface area contributed by atoms with Crippen LogP contribution in [-0.2, 0) is 0 Å². The van der Waals surface area contributed by atoms with E-state index >= 15 is 0 Å². The number of hydrogen-bond donors (Lipinski definition) is 1. The van der Waals surface area contributed by atoms with Crippen LogP contribution in [0.1, 0.15) is 50.6 Å². The molecule has 1 N–H and O–H groups in total. The molecule has 0 aromatic carbocycles. The van der Waals surface area contributed by atoms with E-state index in [4.69, 9.17) is 0 Å². The van der Waals surface area contributed by atoms with Crippen LogP contribution in [-0.4, -0.2) is 11.5 Å². The lowest BCUT2D eigenvalue weighted by molar-refractivity contribution is -0.0523. The topological polar surface area (TPSA) is 24.9 Å². The maximum absolute atomic E-state index is 4.20. The average molecular weight is 270 g/mol. The van der Waals surface area contributed by atoms with Gasteiger partial charge in [-0.15, -0.1) is 0 Å². The fourth-order valence-electron chi connectivity index (χ4n) is 5.78. The Morgan fingerprint density at radius 2 is 1.65 bits per heavy atom. The largest absolute Gasteiger partial charge is 0.310 e. The summed E-state index contributed by atoms with van der Waals surface area (Å²) in [5.74, 6) is 4.94. The van der Waals surface area contributed by atoms with Crippen molar-refractivity contribution in [2.24, 2.45) is 29.6 Å². The van der Waals surface area contributed by atoms with Crippen LogP contribution in [0.15, 0.2) is 24.5 Å². The van der Waals surface area contributed by atoms with Crippen LogP contribution < -0.4 is 5.32 Å². The highest BCUT2D eigenvalue weighted by atomic mass is 14.9. The number of nitrogens with zero attached hydrogens (tertiary/aromatic N) is 1. The van der Waals surface area contributed by atoms with Gasteiger partial charge in [0.1, 0.15) is 0 Å². The molecule has 0 spiro atoms. The van der Waals surface area contributed by atoms with Gasteiger partial charge < -0.3 is 5.32 Å². The zero-order chi connectivity index (χ0) is 13.5. The summed E-state index contributed by atoms with van der Waals surface area (Å²) in [6, 6.07) is 4.99. The Balaban J connectivity index is 1.63. The molecule has 1 heterocycles. The second-order valence-electron chi connectivity index (χ2n) is 7.32. The van der Waals surface area contributed by atoms with Gasteiger partial charge in [-0.3, -0.25) is 4.98 Å². The molecule has 5 rings (SSSR count). The molecule has 4 bridgehead atoms. The SMILES string of the molecule is CCNC(c1ccncc1)C1C2CC3CC(C2)CC1C3. The van der Waals surface area contributed by atoms with Crippen molar-refractivity contribution in [2.45, 2.75) is 45.1 Å². The zero-order valence-electron chi connectivity index (χ0n) is 12.5. The lowest BCUT2D eigenvalue weighted by atomic mass is 9.50. The highest BCUT2D eigenvalue weighted by Crippen LogP contribution is 2.59. The van der Waals surface area contributed by atoms with Crippen molar-refractivity contribution in [3.8, 4) is 0 Å². The summed E-state index contributed by atoms with van der Waals surface area (Å²) >= 11 is 0. The van der Waals surface area contributed by atoms with E-state index in [9.17, 15) is 0 Å². The standard InChI is InChI=1S/C18H26N2/c1-2-20-18(14-3-5-19-6-4-14)17-15-8-12-7-13(10-15)11-16(17)9-12/h3-6,12-13,15-18,20H,2,7-11H2,1H3. The number of aromatic nitrogens is 1. The second-order valence-corrected chi connectivity index (χ2v) is 7.32. The van der Waals surface area contributed by atoms with Gasteiger partial charge in [0.2, 0.25) is 0 Å². The van der Waals surface area contributed by atoms with Crippen LogP contribution in [0.25, 0.3) is 0 Å². The third-order valence-electron chi connectivity index (χ3n) is 6.17. The van der Waals surface area contributed by atoms with Crippen molar-refractivity contribution >= 4 is 0 Å². The van der Waals surface area contributed by atoms with Crippen molar-refractivity contribution in [1.29, 1.82) is 0 Å². The molecule has 108 valence electrons. The molecule has 4 fully saturated rings. The molecule has 0 radical (unpaired) electrons. The van der Waals surface area contributed by atoms with Gasteiger partial charge in [-0.25, -0.2) is 0 Å². The van der Waals surface area contributed by atoms with Crippen LogP contribution in [0.4, 0.5) is 0 Å². The molecule has 2 nitrogen and oxygen atoms in total. The van der Waals surface area contributed by atoms with E-state index in [1.807, 2.05) is 12.4 Å². The maximum Gasteiger partial charge on any atom is 0.0354 e. The monoisotopic (exact) mass is 270 g/mol. The van der Waals surface area contributed by atoms with Gasteiger partial charge in [-0.2, -0.15) is 0 Å². The van der Waals surface area contributed by atoms with Gasteiger partial charge in [-0.1, -0.05) is 6.92 Å². The minimum absolute atomic E-state index is 0.554. The second kappa shape index (κ2) is 5.14. The molecule has 0 saturated heterocycles. The Morgan fingerprint density at radius 3 is 2.20 bits per heavy atom. The molecule has 1 aromatic heterocycles. The molecular formula is C18H26N2. The van der Waals surface area contributed by atoms with Crippen molar-refractivity contribution in [1.82, 2.24) is 10.3 Å². The van der Waals surface area contributed by atoms with E-state index in [0.29, 0.717) is 6.04 Å². The molecule has 1 unspecified atom stereocenters. The van der Waals surface area contributed by atoms with Gasteiger partial charge in [0, 0.05) is 18.4 Å². The summed E-state index contributed by atoms with van der Waals surface area (Å²) in [7, 11) is 0. The highest BCUT2D eigenvalue weighted by Gasteiger charge is 2.50. The highest BCUT2D eigenvalue weighted by molar-refractivity contribution is 5.18. The molecule has 1 atom stereocenters. The number of rotatable bonds is 4. The van der Waals surface area contributed by atoms with Crippen LogP contribution in [0.3, 0.4) is 0 Å². The first kappa shape index (κ1) is 12.8. The summed E-state index contributed by atoms with van der Waals surface area (Å²) < 4.78 is 0. The predicted molar refractivity (Wildman–Crippen MR) is 81.2 cm³/mol. The Bertz CT molecular complexity index is 428. The molecule has 4 aliphatic rings. The van der Waals surface area contributed by atoms with Crippen molar-refractivity contribution in [2.75, 3.05) is 6.54 Å². The summed E-state index contributed by atoms with van der Waals surface area (Å²) in [6.07, 6.45) is 11.5. The summed E-state index contributed by atoms with van der Waals surface area (Å²) in [6.45, 7) is 3.31. The Labute approximate surface area is 122 Å². The van der Waals surface area contributed by atoms with Crippen LogP contribution in [0, 0.1) is 29.6 Å². The van der Waals surface area contributed by atoms with E-state index < -0.39 is 0 Å². The number of nitrogens with one attached hydrogen (secondary N) is 1. The molecule has 4 aliphatic carbocycles. The first-order valence-corrected chi connectivity index (χ1v) is 8.48. The Morgan fingerprint density at radius 1 is 1.05 bits per heavy atom. The van der Waals surface area contributed by atoms with E-state index in [2.05, 4.69) is 29.4 Å². The van der Waals surface area contributed by atoms with Crippen LogP contribution in [0.2, 0.25) is 0 Å². The number of hydrogen-bond acceptors (Lipinski definition) is 2. The van der Waals surface area contributed by atoms with Crippen molar-refractivity contribution < 1.29 is 0 Å². The maximum atomic E-state index is 4.20. The molecule has 0 amide bonds. The quantitative estimate of drug-likeness (QED) is 0.900. The third-order valence-corrected chi connectivity index (χ3v) is 6.17. The zero-order valence-corrected chi connectivity index (χ0v) is 12.5. The summed E-state index contributed by atoms with van der Waals surface area (Å²) in [4.78, 5) is 4.20. The van der Waals surface area contributed by atoms with E-state index in [0.717, 1.165) is 36.1 Å². The average Bonchev–Trinajstić information content (AvgIpc) is 2.46. The summed E-state index contributed by atoms with van der Waals surface area (Å²) in [5, 5.41) is 3.80. The smallest absolute Gasteiger partial charge is 0.0354 e. The predicted octanol–water partition coefficient (Wildman–Crippen LogP) is 3.80. The number of pyridine rings is 1. The van der Waals surface area contributed by atoms with Crippen LogP contribution >= 0.6 is 0 Å². The van der Waals surface area contributed by atoms with Gasteiger partial charge in [0.25, 0.3) is 0 Å². The van der Waals surface area contributed by atoms with Gasteiger partial charge in [0.05, 0.1) is 0 Å². The van der Waals surface area contributed by atoms with Crippen molar-refractivity contribution in [3.05, 3.63) is 30.1 Å². The molecule has 20 heavy (non-hydrogen) atoms. The molecule has 0 aliphatic heterocycles.